The molecule has 0 aliphatic heterocycles. The lowest BCUT2D eigenvalue weighted by Gasteiger charge is -2.14. The van der Waals surface area contributed by atoms with E-state index in [9.17, 15) is 14.8 Å². The van der Waals surface area contributed by atoms with Crippen LogP contribution in [0.4, 0.5) is 0 Å². The van der Waals surface area contributed by atoms with E-state index in [-0.39, 0.29) is 24.7 Å². The van der Waals surface area contributed by atoms with Crippen LogP contribution in [0.5, 0.6) is 17.2 Å². The first-order chi connectivity index (χ1) is 13.2. The zero-order valence-corrected chi connectivity index (χ0v) is 17.6. The Labute approximate surface area is 170 Å². The first kappa shape index (κ1) is 22.4. The Hall–Kier alpha value is -1.87. The molecule has 0 heterocycles. The number of hydrogen-bond acceptors (Lipinski definition) is 6. The van der Waals surface area contributed by atoms with Gasteiger partial charge >= 0.3 is 7.82 Å². The topological polar surface area (TPSA) is 126 Å². The average molecular weight is 475 g/mol. The van der Waals surface area contributed by atoms with Crippen molar-refractivity contribution in [2.75, 3.05) is 14.2 Å². The fraction of sp³-hybridized carbons (Fsp3) is 0.222. The maximum Gasteiger partial charge on any atom is 0.524 e. The van der Waals surface area contributed by atoms with Crippen molar-refractivity contribution in [3.63, 3.8) is 0 Å². The van der Waals surface area contributed by atoms with Crippen LogP contribution < -0.4 is 14.0 Å². The molecule has 0 spiro atoms. The van der Waals surface area contributed by atoms with Crippen molar-refractivity contribution in [3.05, 3.63) is 51.0 Å². The van der Waals surface area contributed by atoms with Crippen LogP contribution in [-0.2, 0) is 17.8 Å². The van der Waals surface area contributed by atoms with Gasteiger partial charge in [-0.25, -0.2) is 4.57 Å². The predicted molar refractivity (Wildman–Crippen MR) is 107 cm³/mol. The van der Waals surface area contributed by atoms with Gasteiger partial charge in [-0.05, 0) is 56.9 Å². The highest BCUT2D eigenvalue weighted by atomic mass is 79.9. The fourth-order valence-electron chi connectivity index (χ4n) is 2.56. The fourth-order valence-corrected chi connectivity index (χ4v) is 3.64. The zero-order valence-electron chi connectivity index (χ0n) is 15.1. The summed E-state index contributed by atoms with van der Waals surface area (Å²) in [7, 11) is -1.96. The van der Waals surface area contributed by atoms with Gasteiger partial charge in [-0.2, -0.15) is 0 Å². The molecule has 0 fully saturated rings. The Morgan fingerprint density at radius 2 is 1.71 bits per heavy atom. The van der Waals surface area contributed by atoms with Crippen LogP contribution in [0.3, 0.4) is 0 Å². The molecule has 0 aliphatic rings. The Morgan fingerprint density at radius 1 is 1.04 bits per heavy atom. The molecule has 0 atom stereocenters. The van der Waals surface area contributed by atoms with E-state index in [0.717, 1.165) is 0 Å². The van der Waals surface area contributed by atoms with Crippen LogP contribution in [-0.4, -0.2) is 34.2 Å². The molecule has 0 saturated heterocycles. The van der Waals surface area contributed by atoms with Gasteiger partial charge in [-0.15, -0.1) is 0 Å². The summed E-state index contributed by atoms with van der Waals surface area (Å²) in [4.78, 5) is 18.2. The number of phosphoric acid groups is 1. The summed E-state index contributed by atoms with van der Waals surface area (Å²) in [5.74, 6) is 0.471. The van der Waals surface area contributed by atoms with Crippen LogP contribution in [0.15, 0.2) is 28.7 Å². The quantitative estimate of drug-likeness (QED) is 0.339. The van der Waals surface area contributed by atoms with Crippen molar-refractivity contribution in [2.24, 2.45) is 0 Å². The molecular weight excluding hydrogens is 455 g/mol. The summed E-state index contributed by atoms with van der Waals surface area (Å²) in [6.45, 7) is -0.531. The van der Waals surface area contributed by atoms with Gasteiger partial charge in [0.05, 0.1) is 31.9 Å². The maximum atomic E-state index is 11.2. The standard InChI is InChI=1S/C18H20BrO8P/c1-25-15-6-5-12(17(19)18(15)27-28(22,23)24)4-3-11-7-13(9-20)14(10-21)16(8-11)26-2/h3-8,20-21H,9-10H2,1-2H3,(H2,22,23,24)/b4-3-. The molecule has 0 radical (unpaired) electrons. The molecule has 0 aliphatic carbocycles. The minimum absolute atomic E-state index is 0.123. The minimum Gasteiger partial charge on any atom is -0.496 e. The molecule has 28 heavy (non-hydrogen) atoms. The second-order valence-corrected chi connectivity index (χ2v) is 7.55. The molecule has 0 saturated carbocycles. The summed E-state index contributed by atoms with van der Waals surface area (Å²) in [6.07, 6.45) is 3.40. The SMILES string of the molecule is COc1cc(/C=C\c2ccc(OC)c(OP(=O)(O)O)c2Br)cc(CO)c1CO. The normalized spacial score (nSPS) is 11.7. The Kier molecular flexibility index (Phi) is 7.65. The summed E-state index contributed by atoms with van der Waals surface area (Å²) < 4.78 is 26.6. The van der Waals surface area contributed by atoms with Gasteiger partial charge in [0.2, 0.25) is 0 Å². The monoisotopic (exact) mass is 474 g/mol. The second kappa shape index (κ2) is 9.56. The van der Waals surface area contributed by atoms with Crippen molar-refractivity contribution < 1.29 is 38.6 Å². The van der Waals surface area contributed by atoms with E-state index >= 15 is 0 Å². The van der Waals surface area contributed by atoms with Crippen molar-refractivity contribution in [1.82, 2.24) is 0 Å². The first-order valence-electron chi connectivity index (χ1n) is 7.95. The molecule has 2 aromatic carbocycles. The van der Waals surface area contributed by atoms with E-state index in [2.05, 4.69) is 15.9 Å². The van der Waals surface area contributed by atoms with E-state index in [1.807, 2.05) is 0 Å². The van der Waals surface area contributed by atoms with Crippen LogP contribution in [0.25, 0.3) is 12.2 Å². The molecule has 0 bridgehead atoms. The third-order valence-corrected chi connectivity index (χ3v) is 5.09. The molecule has 2 rings (SSSR count). The number of hydrogen-bond donors (Lipinski definition) is 4. The number of methoxy groups -OCH3 is 2. The Bertz CT molecular complexity index is 897. The lowest BCUT2D eigenvalue weighted by atomic mass is 10.0. The molecule has 4 N–H and O–H groups in total. The molecule has 10 heteroatoms. The summed E-state index contributed by atoms with van der Waals surface area (Å²) in [6, 6.07) is 6.60. The highest BCUT2D eigenvalue weighted by molar-refractivity contribution is 9.10. The van der Waals surface area contributed by atoms with Crippen molar-refractivity contribution >= 4 is 35.9 Å². The van der Waals surface area contributed by atoms with Gasteiger partial charge in [0, 0.05) is 5.56 Å². The van der Waals surface area contributed by atoms with Crippen LogP contribution in [0, 0.1) is 0 Å². The molecule has 8 nitrogen and oxygen atoms in total. The number of benzene rings is 2. The molecular formula is C18H20BrO8P. The summed E-state index contributed by atoms with van der Waals surface area (Å²) in [5, 5.41) is 19.0. The van der Waals surface area contributed by atoms with Gasteiger partial charge < -0.3 is 24.2 Å². The number of aliphatic hydroxyl groups excluding tert-OH is 2. The molecule has 2 aromatic rings. The number of phosphoric ester groups is 1. The van der Waals surface area contributed by atoms with E-state index in [4.69, 9.17) is 23.8 Å². The summed E-state index contributed by atoms with van der Waals surface area (Å²) in [5.41, 5.74) is 2.30. The van der Waals surface area contributed by atoms with Crippen molar-refractivity contribution in [2.45, 2.75) is 13.2 Å². The van der Waals surface area contributed by atoms with E-state index in [1.54, 1.807) is 30.4 Å². The summed E-state index contributed by atoms with van der Waals surface area (Å²) >= 11 is 3.28. The second-order valence-electron chi connectivity index (χ2n) is 5.59. The third-order valence-electron chi connectivity index (χ3n) is 3.85. The van der Waals surface area contributed by atoms with Crippen LogP contribution in [0.2, 0.25) is 0 Å². The van der Waals surface area contributed by atoms with E-state index in [1.165, 1.54) is 20.3 Å². The Balaban J connectivity index is 2.47. The smallest absolute Gasteiger partial charge is 0.496 e. The lowest BCUT2D eigenvalue weighted by Crippen LogP contribution is -1.99. The highest BCUT2D eigenvalue weighted by Crippen LogP contribution is 2.47. The molecule has 0 amide bonds. The minimum atomic E-state index is -4.78. The number of ether oxygens (including phenoxy) is 2. The average Bonchev–Trinajstić information content (AvgIpc) is 2.66. The third kappa shape index (κ3) is 5.35. The van der Waals surface area contributed by atoms with Crippen molar-refractivity contribution in [3.8, 4) is 17.2 Å². The largest absolute Gasteiger partial charge is 0.524 e. The predicted octanol–water partition coefficient (Wildman–Crippen LogP) is 3.09. The van der Waals surface area contributed by atoms with Crippen LogP contribution in [0.1, 0.15) is 22.3 Å². The van der Waals surface area contributed by atoms with Gasteiger partial charge in [0.1, 0.15) is 5.75 Å². The molecule has 0 unspecified atom stereocenters. The number of aliphatic hydroxyl groups is 2. The van der Waals surface area contributed by atoms with Gasteiger partial charge in [-0.1, -0.05) is 12.2 Å². The van der Waals surface area contributed by atoms with E-state index < -0.39 is 7.82 Å². The maximum absolute atomic E-state index is 11.2. The molecule has 152 valence electrons. The highest BCUT2D eigenvalue weighted by Gasteiger charge is 2.22. The Morgan fingerprint density at radius 3 is 2.25 bits per heavy atom. The van der Waals surface area contributed by atoms with Gasteiger partial charge in [-0.3, -0.25) is 9.79 Å². The van der Waals surface area contributed by atoms with E-state index in [0.29, 0.717) is 32.5 Å². The lowest BCUT2D eigenvalue weighted by molar-refractivity contribution is 0.254. The van der Waals surface area contributed by atoms with Gasteiger partial charge in [0.15, 0.2) is 11.5 Å². The van der Waals surface area contributed by atoms with Crippen molar-refractivity contribution in [1.29, 1.82) is 0 Å². The zero-order chi connectivity index (χ0) is 20.9. The van der Waals surface area contributed by atoms with Gasteiger partial charge in [0.25, 0.3) is 0 Å². The van der Waals surface area contributed by atoms with Crippen LogP contribution >= 0.6 is 23.8 Å². The molecule has 0 aromatic heterocycles. The number of rotatable bonds is 8. The first-order valence-corrected chi connectivity index (χ1v) is 10.3. The number of halogens is 1.